The van der Waals surface area contributed by atoms with Crippen LogP contribution in [0.1, 0.15) is 30.0 Å². The first-order chi connectivity index (χ1) is 13.8. The van der Waals surface area contributed by atoms with Crippen molar-refractivity contribution in [3.05, 3.63) is 60.2 Å². The highest BCUT2D eigenvalue weighted by Crippen LogP contribution is 2.29. The third kappa shape index (κ3) is 3.17. The number of aryl methyl sites for hydroxylation is 1. The molecule has 0 aliphatic carbocycles. The zero-order valence-electron chi connectivity index (χ0n) is 15.7. The van der Waals surface area contributed by atoms with Gasteiger partial charge in [0.1, 0.15) is 11.5 Å². The zero-order valence-corrected chi connectivity index (χ0v) is 15.7. The number of rotatable bonds is 4. The summed E-state index contributed by atoms with van der Waals surface area (Å²) in [5, 5.41) is 10.5. The number of aromatic nitrogens is 6. The molecule has 4 aromatic heterocycles. The van der Waals surface area contributed by atoms with Crippen molar-refractivity contribution in [2.45, 2.75) is 25.7 Å². The van der Waals surface area contributed by atoms with E-state index in [1.165, 1.54) is 5.56 Å². The van der Waals surface area contributed by atoms with E-state index in [4.69, 9.17) is 9.97 Å². The van der Waals surface area contributed by atoms with E-state index in [2.05, 4.69) is 37.5 Å². The van der Waals surface area contributed by atoms with Crippen LogP contribution >= 0.6 is 0 Å². The Kier molecular flexibility index (Phi) is 4.16. The molecular weight excluding hydrogens is 352 g/mol. The molecule has 0 amide bonds. The average molecular weight is 374 g/mol. The van der Waals surface area contributed by atoms with E-state index in [0.29, 0.717) is 5.92 Å². The molecule has 0 radical (unpaired) electrons. The van der Waals surface area contributed by atoms with Gasteiger partial charge in [0.05, 0.1) is 5.69 Å². The van der Waals surface area contributed by atoms with Gasteiger partial charge >= 0.3 is 0 Å². The Morgan fingerprint density at radius 1 is 1.11 bits per heavy atom. The van der Waals surface area contributed by atoms with Gasteiger partial charge in [-0.15, -0.1) is 0 Å². The fraction of sp³-hybridized carbons (Fsp3) is 0.300. The highest BCUT2D eigenvalue weighted by atomic mass is 15.3. The van der Waals surface area contributed by atoms with Crippen LogP contribution in [0.15, 0.2) is 48.9 Å². The largest absolute Gasteiger partial charge is 0.341 e. The lowest BCUT2D eigenvalue weighted by atomic mass is 9.90. The summed E-state index contributed by atoms with van der Waals surface area (Å²) in [4.78, 5) is 16.0. The first kappa shape index (κ1) is 16.7. The van der Waals surface area contributed by atoms with E-state index < -0.39 is 0 Å². The van der Waals surface area contributed by atoms with Crippen molar-refractivity contribution < 1.29 is 0 Å². The van der Waals surface area contributed by atoms with Gasteiger partial charge in [-0.2, -0.15) is 15.1 Å². The Labute approximate surface area is 162 Å². The van der Waals surface area contributed by atoms with Gasteiger partial charge in [0.2, 0.25) is 11.9 Å². The summed E-state index contributed by atoms with van der Waals surface area (Å²) in [5.74, 6) is 2.87. The van der Waals surface area contributed by atoms with Gasteiger partial charge in [0, 0.05) is 37.7 Å². The van der Waals surface area contributed by atoms with Gasteiger partial charge in [0.25, 0.3) is 0 Å². The third-order valence-electron chi connectivity index (χ3n) is 5.28. The number of nitrogens with zero attached hydrogens (tertiary/aromatic N) is 6. The topological polar surface area (TPSA) is 87.0 Å². The zero-order chi connectivity index (χ0) is 18.9. The minimum atomic E-state index is 0.571. The normalized spacial score (nSPS) is 15.2. The lowest BCUT2D eigenvalue weighted by Gasteiger charge is -2.32. The quantitative estimate of drug-likeness (QED) is 0.570. The predicted molar refractivity (Wildman–Crippen MR) is 108 cm³/mol. The summed E-state index contributed by atoms with van der Waals surface area (Å²) in [6.45, 7) is 3.82. The van der Waals surface area contributed by atoms with E-state index in [1.807, 2.05) is 48.1 Å². The Bertz CT molecular complexity index is 1080. The standard InChI is InChI=1S/C20H22N8/c1-14-13-17(26-25-14)22-20-24-19(23-18-3-2-10-28(18)20)27-11-6-16(7-12-27)15-4-8-21-9-5-15/h2-5,8-10,13,16H,6-7,11-12H2,1H3,(H2,22,23,24,25,26). The molecule has 1 fully saturated rings. The Morgan fingerprint density at radius 3 is 2.68 bits per heavy atom. The monoisotopic (exact) mass is 374 g/mol. The number of aromatic amines is 1. The molecule has 1 aliphatic rings. The highest BCUT2D eigenvalue weighted by Gasteiger charge is 2.23. The molecule has 0 atom stereocenters. The maximum atomic E-state index is 4.81. The molecule has 0 spiro atoms. The summed E-state index contributed by atoms with van der Waals surface area (Å²) in [5.41, 5.74) is 3.17. The van der Waals surface area contributed by atoms with Crippen LogP contribution in [-0.4, -0.2) is 42.6 Å². The molecule has 0 unspecified atom stereocenters. The van der Waals surface area contributed by atoms with Crippen molar-refractivity contribution in [3.63, 3.8) is 0 Å². The van der Waals surface area contributed by atoms with Crippen LogP contribution in [0.2, 0.25) is 0 Å². The second kappa shape index (κ2) is 6.95. The van der Waals surface area contributed by atoms with Crippen molar-refractivity contribution in [2.24, 2.45) is 0 Å². The van der Waals surface area contributed by atoms with E-state index >= 15 is 0 Å². The van der Waals surface area contributed by atoms with Crippen molar-refractivity contribution in [2.75, 3.05) is 23.3 Å². The number of H-pyrrole nitrogens is 1. The fourth-order valence-corrected chi connectivity index (χ4v) is 3.80. The van der Waals surface area contributed by atoms with Gasteiger partial charge < -0.3 is 10.2 Å². The van der Waals surface area contributed by atoms with Crippen LogP contribution in [0.3, 0.4) is 0 Å². The van der Waals surface area contributed by atoms with E-state index in [1.54, 1.807) is 0 Å². The summed E-state index contributed by atoms with van der Waals surface area (Å²) >= 11 is 0. The summed E-state index contributed by atoms with van der Waals surface area (Å²) in [7, 11) is 0. The maximum absolute atomic E-state index is 4.81. The smallest absolute Gasteiger partial charge is 0.230 e. The molecule has 1 aliphatic heterocycles. The van der Waals surface area contributed by atoms with Crippen LogP contribution in [0.25, 0.3) is 5.65 Å². The second-order valence-electron chi connectivity index (χ2n) is 7.17. The molecule has 0 saturated carbocycles. The first-order valence-corrected chi connectivity index (χ1v) is 9.55. The molecule has 2 N–H and O–H groups in total. The van der Waals surface area contributed by atoms with E-state index in [0.717, 1.165) is 55.0 Å². The Hall–Kier alpha value is -3.42. The predicted octanol–water partition coefficient (Wildman–Crippen LogP) is 3.28. The van der Waals surface area contributed by atoms with Crippen LogP contribution in [0, 0.1) is 6.92 Å². The number of anilines is 3. The molecule has 5 rings (SSSR count). The lowest BCUT2D eigenvalue weighted by molar-refractivity contribution is 0.499. The minimum absolute atomic E-state index is 0.571. The van der Waals surface area contributed by atoms with Crippen LogP contribution < -0.4 is 10.2 Å². The lowest BCUT2D eigenvalue weighted by Crippen LogP contribution is -2.34. The SMILES string of the molecule is Cc1cc(Nc2nc(N3CCC(c4ccncc4)CC3)nc3cccn23)[nH]n1. The minimum Gasteiger partial charge on any atom is -0.341 e. The average Bonchev–Trinajstić information content (AvgIpc) is 3.37. The molecule has 0 aromatic carbocycles. The third-order valence-corrected chi connectivity index (χ3v) is 5.28. The highest BCUT2D eigenvalue weighted by molar-refractivity contribution is 5.57. The summed E-state index contributed by atoms with van der Waals surface area (Å²) in [6, 6.07) is 10.2. The Morgan fingerprint density at radius 2 is 1.93 bits per heavy atom. The van der Waals surface area contributed by atoms with Gasteiger partial charge in [-0.25, -0.2) is 0 Å². The van der Waals surface area contributed by atoms with Gasteiger partial charge in [-0.1, -0.05) is 0 Å². The summed E-state index contributed by atoms with van der Waals surface area (Å²) < 4.78 is 1.95. The van der Waals surface area contributed by atoms with Crippen molar-refractivity contribution in [1.29, 1.82) is 0 Å². The molecule has 1 saturated heterocycles. The maximum Gasteiger partial charge on any atom is 0.230 e. The molecule has 8 heteroatoms. The van der Waals surface area contributed by atoms with Crippen LogP contribution in [0.5, 0.6) is 0 Å². The number of pyridine rings is 1. The van der Waals surface area contributed by atoms with Crippen molar-refractivity contribution in [1.82, 2.24) is 29.5 Å². The van der Waals surface area contributed by atoms with E-state index in [9.17, 15) is 0 Å². The molecule has 4 aromatic rings. The molecule has 28 heavy (non-hydrogen) atoms. The number of fused-ring (bicyclic) bond motifs is 1. The van der Waals surface area contributed by atoms with E-state index in [-0.39, 0.29) is 0 Å². The van der Waals surface area contributed by atoms with Crippen molar-refractivity contribution >= 4 is 23.4 Å². The fourth-order valence-electron chi connectivity index (χ4n) is 3.80. The number of nitrogens with one attached hydrogen (secondary N) is 2. The number of piperidine rings is 1. The molecular formula is C20H22N8. The molecule has 5 heterocycles. The van der Waals surface area contributed by atoms with Crippen molar-refractivity contribution in [3.8, 4) is 0 Å². The molecule has 142 valence electrons. The second-order valence-corrected chi connectivity index (χ2v) is 7.17. The first-order valence-electron chi connectivity index (χ1n) is 9.55. The number of hydrogen-bond acceptors (Lipinski definition) is 6. The van der Waals surface area contributed by atoms with Gasteiger partial charge in [-0.05, 0) is 55.5 Å². The number of hydrogen-bond donors (Lipinski definition) is 2. The Balaban J connectivity index is 1.39. The van der Waals surface area contributed by atoms with Crippen LogP contribution in [-0.2, 0) is 0 Å². The van der Waals surface area contributed by atoms with Crippen LogP contribution in [0.4, 0.5) is 17.7 Å². The van der Waals surface area contributed by atoms with Gasteiger partial charge in [0.15, 0.2) is 0 Å². The summed E-state index contributed by atoms with van der Waals surface area (Å²) in [6.07, 6.45) is 7.88. The molecule has 8 nitrogen and oxygen atoms in total. The molecule has 0 bridgehead atoms. The van der Waals surface area contributed by atoms with Gasteiger partial charge in [-0.3, -0.25) is 14.5 Å².